The Kier molecular flexibility index (Phi) is 8.82. The van der Waals surface area contributed by atoms with Gasteiger partial charge in [0.1, 0.15) is 5.76 Å². The minimum absolute atomic E-state index is 0. The number of furan rings is 1. The van der Waals surface area contributed by atoms with E-state index in [1.807, 2.05) is 26.0 Å². The summed E-state index contributed by atoms with van der Waals surface area (Å²) >= 11 is 0. The fourth-order valence-corrected chi connectivity index (χ4v) is 1.35. The number of nitrogens with one attached hydrogen (secondary N) is 2. The van der Waals surface area contributed by atoms with Crippen LogP contribution < -0.4 is 10.6 Å². The van der Waals surface area contributed by atoms with Crippen LogP contribution in [0.1, 0.15) is 19.6 Å². The Hall–Kier alpha value is -0.760. The quantitative estimate of drug-likeness (QED) is 0.450. The lowest BCUT2D eigenvalue weighted by molar-refractivity contribution is 0.0268. The van der Waals surface area contributed by atoms with Crippen molar-refractivity contribution in [2.24, 2.45) is 4.99 Å². The Labute approximate surface area is 132 Å². The van der Waals surface area contributed by atoms with Crippen molar-refractivity contribution >= 4 is 29.9 Å². The molecule has 2 N–H and O–H groups in total. The smallest absolute Gasteiger partial charge is 0.191 e. The maximum Gasteiger partial charge on any atom is 0.191 e. The van der Waals surface area contributed by atoms with Crippen LogP contribution >= 0.6 is 24.0 Å². The highest BCUT2D eigenvalue weighted by atomic mass is 127. The number of guanidine groups is 1. The molecule has 0 aliphatic heterocycles. The average Bonchev–Trinajstić information content (AvgIpc) is 2.86. The molecule has 1 heterocycles. The number of hydrogen-bond acceptors (Lipinski definition) is 3. The maximum absolute atomic E-state index is 5.34. The van der Waals surface area contributed by atoms with Gasteiger partial charge in [-0.15, -0.1) is 24.0 Å². The van der Waals surface area contributed by atoms with Crippen LogP contribution in [0.15, 0.2) is 27.8 Å². The van der Waals surface area contributed by atoms with Gasteiger partial charge in [-0.25, -0.2) is 0 Å². The van der Waals surface area contributed by atoms with E-state index in [9.17, 15) is 0 Å². The molecule has 0 saturated carbocycles. The van der Waals surface area contributed by atoms with Gasteiger partial charge in [0.25, 0.3) is 0 Å². The van der Waals surface area contributed by atoms with Gasteiger partial charge in [0.2, 0.25) is 0 Å². The van der Waals surface area contributed by atoms with Crippen LogP contribution in [0, 0.1) is 0 Å². The number of hydrogen-bond donors (Lipinski definition) is 2. The first-order valence-corrected chi connectivity index (χ1v) is 6.09. The number of aliphatic imine (C=N–C) groups is 1. The van der Waals surface area contributed by atoms with Crippen LogP contribution in [0.5, 0.6) is 0 Å². The predicted octanol–water partition coefficient (Wildman–Crippen LogP) is 2.03. The van der Waals surface area contributed by atoms with Gasteiger partial charge in [0.05, 0.1) is 11.9 Å². The normalized spacial score (nSPS) is 11.9. The predicted molar refractivity (Wildman–Crippen MR) is 88.3 cm³/mol. The Morgan fingerprint density at radius 1 is 1.42 bits per heavy atom. The molecule has 5 nitrogen and oxygen atoms in total. The zero-order valence-electron chi connectivity index (χ0n) is 12.0. The molecule has 0 radical (unpaired) electrons. The Morgan fingerprint density at radius 2 is 2.16 bits per heavy atom. The van der Waals surface area contributed by atoms with Gasteiger partial charge < -0.3 is 19.8 Å². The van der Waals surface area contributed by atoms with Crippen LogP contribution in [0.4, 0.5) is 0 Å². The molecule has 1 aromatic rings. The van der Waals surface area contributed by atoms with E-state index in [-0.39, 0.29) is 29.6 Å². The Balaban J connectivity index is 0.00000324. The molecule has 1 aromatic heterocycles. The molecule has 0 atom stereocenters. The molecular formula is C13H24IN3O2. The van der Waals surface area contributed by atoms with Crippen molar-refractivity contribution in [2.45, 2.75) is 25.9 Å². The fourth-order valence-electron chi connectivity index (χ4n) is 1.35. The van der Waals surface area contributed by atoms with Crippen LogP contribution in [0.25, 0.3) is 0 Å². The lowest BCUT2D eigenvalue weighted by Crippen LogP contribution is -2.45. The lowest BCUT2D eigenvalue weighted by atomic mass is 10.1. The summed E-state index contributed by atoms with van der Waals surface area (Å²) in [6, 6.07) is 3.86. The molecule has 0 spiro atoms. The summed E-state index contributed by atoms with van der Waals surface area (Å²) in [5, 5.41) is 6.45. The first-order valence-electron chi connectivity index (χ1n) is 6.09. The molecule has 0 bridgehead atoms. The molecule has 110 valence electrons. The second-order valence-electron chi connectivity index (χ2n) is 4.65. The third-order valence-electron chi connectivity index (χ3n) is 2.70. The molecule has 0 aliphatic rings. The van der Waals surface area contributed by atoms with E-state index in [1.54, 1.807) is 20.4 Å². The number of halogens is 1. The highest BCUT2D eigenvalue weighted by Gasteiger charge is 2.16. The van der Waals surface area contributed by atoms with Crippen molar-refractivity contribution in [2.75, 3.05) is 27.2 Å². The molecule has 19 heavy (non-hydrogen) atoms. The summed E-state index contributed by atoms with van der Waals surface area (Å²) in [5.74, 6) is 1.74. The van der Waals surface area contributed by atoms with E-state index in [0.29, 0.717) is 6.54 Å². The van der Waals surface area contributed by atoms with Crippen LogP contribution in [0.2, 0.25) is 0 Å². The van der Waals surface area contributed by atoms with Gasteiger partial charge in [-0.2, -0.15) is 0 Å². The number of nitrogens with zero attached hydrogens (tertiary/aromatic N) is 1. The van der Waals surface area contributed by atoms with E-state index in [2.05, 4.69) is 15.6 Å². The first kappa shape index (κ1) is 18.2. The van der Waals surface area contributed by atoms with E-state index in [4.69, 9.17) is 9.15 Å². The van der Waals surface area contributed by atoms with Gasteiger partial charge in [-0.1, -0.05) is 0 Å². The number of ether oxygens (including phenoxy) is 1. The Bertz CT molecular complexity index is 364. The third-order valence-corrected chi connectivity index (χ3v) is 2.70. The molecule has 0 aromatic carbocycles. The highest BCUT2D eigenvalue weighted by Crippen LogP contribution is 2.04. The molecular weight excluding hydrogens is 357 g/mol. The van der Waals surface area contributed by atoms with Gasteiger partial charge in [0, 0.05) is 33.7 Å². The monoisotopic (exact) mass is 381 g/mol. The largest absolute Gasteiger partial charge is 0.469 e. The van der Waals surface area contributed by atoms with Gasteiger partial charge in [-0.3, -0.25) is 4.99 Å². The third kappa shape index (κ3) is 7.41. The summed E-state index contributed by atoms with van der Waals surface area (Å²) in [4.78, 5) is 4.15. The van der Waals surface area contributed by atoms with Gasteiger partial charge in [0.15, 0.2) is 5.96 Å². The van der Waals surface area contributed by atoms with Gasteiger partial charge in [-0.05, 0) is 26.0 Å². The zero-order valence-corrected chi connectivity index (χ0v) is 14.4. The SMILES string of the molecule is CN=C(NCCc1ccco1)NCC(C)(C)OC.I. The van der Waals surface area contributed by atoms with Crippen LogP contribution in [0.3, 0.4) is 0 Å². The summed E-state index contributed by atoms with van der Waals surface area (Å²) < 4.78 is 10.6. The van der Waals surface area contributed by atoms with E-state index in [0.717, 1.165) is 24.7 Å². The number of methoxy groups -OCH3 is 1. The van der Waals surface area contributed by atoms with Crippen molar-refractivity contribution in [1.29, 1.82) is 0 Å². The average molecular weight is 381 g/mol. The van der Waals surface area contributed by atoms with Crippen molar-refractivity contribution in [3.63, 3.8) is 0 Å². The zero-order chi connectivity index (χ0) is 13.4. The molecule has 1 rings (SSSR count). The summed E-state index contributed by atoms with van der Waals surface area (Å²) in [6.07, 6.45) is 2.52. The fraction of sp³-hybridized carbons (Fsp3) is 0.615. The van der Waals surface area contributed by atoms with Crippen LogP contribution in [-0.2, 0) is 11.2 Å². The van der Waals surface area contributed by atoms with E-state index >= 15 is 0 Å². The molecule has 0 aliphatic carbocycles. The molecule has 6 heteroatoms. The highest BCUT2D eigenvalue weighted by molar-refractivity contribution is 14.0. The molecule has 0 amide bonds. The minimum Gasteiger partial charge on any atom is -0.469 e. The molecule has 0 saturated heterocycles. The summed E-state index contributed by atoms with van der Waals surface area (Å²) in [6.45, 7) is 5.52. The standard InChI is InChI=1S/C13H23N3O2.HI/c1-13(2,17-4)10-16-12(14-3)15-8-7-11-6-5-9-18-11;/h5-6,9H,7-8,10H2,1-4H3,(H2,14,15,16);1H. The minimum atomic E-state index is -0.210. The van der Waals surface area contributed by atoms with Crippen molar-refractivity contribution in [3.8, 4) is 0 Å². The summed E-state index contributed by atoms with van der Waals surface area (Å²) in [5.41, 5.74) is -0.210. The lowest BCUT2D eigenvalue weighted by Gasteiger charge is -2.24. The first-order chi connectivity index (χ1) is 8.57. The summed E-state index contributed by atoms with van der Waals surface area (Å²) in [7, 11) is 3.46. The second kappa shape index (κ2) is 9.19. The number of rotatable bonds is 6. The molecule has 0 fully saturated rings. The van der Waals surface area contributed by atoms with Crippen LogP contribution in [-0.4, -0.2) is 38.8 Å². The van der Waals surface area contributed by atoms with E-state index < -0.39 is 0 Å². The van der Waals surface area contributed by atoms with Crippen molar-refractivity contribution in [1.82, 2.24) is 10.6 Å². The second-order valence-corrected chi connectivity index (χ2v) is 4.65. The van der Waals surface area contributed by atoms with E-state index in [1.165, 1.54) is 0 Å². The van der Waals surface area contributed by atoms with Crippen molar-refractivity contribution < 1.29 is 9.15 Å². The molecule has 0 unspecified atom stereocenters. The topological polar surface area (TPSA) is 58.8 Å². The van der Waals surface area contributed by atoms with Crippen molar-refractivity contribution in [3.05, 3.63) is 24.2 Å². The van der Waals surface area contributed by atoms with Gasteiger partial charge >= 0.3 is 0 Å². The maximum atomic E-state index is 5.34. The Morgan fingerprint density at radius 3 is 2.68 bits per heavy atom.